The second-order valence-electron chi connectivity index (χ2n) is 6.81. The molecule has 9 heteroatoms. The lowest BCUT2D eigenvalue weighted by Gasteiger charge is -2.20. The topological polar surface area (TPSA) is 110 Å². The summed E-state index contributed by atoms with van der Waals surface area (Å²) < 4.78 is 5.26. The maximum atomic E-state index is 12.7. The van der Waals surface area contributed by atoms with E-state index in [0.717, 1.165) is 0 Å². The van der Waals surface area contributed by atoms with Gasteiger partial charge in [0.2, 0.25) is 5.95 Å². The van der Waals surface area contributed by atoms with Crippen LogP contribution in [-0.4, -0.2) is 33.9 Å². The quantitative estimate of drug-likeness (QED) is 0.505. The first kappa shape index (κ1) is 22.9. The molecule has 2 atom stereocenters. The Bertz CT molecular complexity index is 1080. The molecular formula is C23H21ClN4O4. The number of ether oxygens (including phenoxy) is 1. The first-order chi connectivity index (χ1) is 15.4. The van der Waals surface area contributed by atoms with Crippen LogP contribution in [-0.2, 0) is 14.3 Å². The van der Waals surface area contributed by atoms with E-state index in [1.54, 1.807) is 54.6 Å². The molecule has 0 aliphatic heterocycles. The van der Waals surface area contributed by atoms with E-state index in [1.165, 1.54) is 19.3 Å². The number of hydrogen-bond acceptors (Lipinski definition) is 6. The molecule has 0 saturated heterocycles. The van der Waals surface area contributed by atoms with Gasteiger partial charge >= 0.3 is 5.97 Å². The third kappa shape index (κ3) is 6.36. The van der Waals surface area contributed by atoms with Gasteiger partial charge in [0.05, 0.1) is 23.0 Å². The molecular weight excluding hydrogens is 432 g/mol. The van der Waals surface area contributed by atoms with Crippen LogP contribution in [0.5, 0.6) is 0 Å². The smallest absolute Gasteiger partial charge is 0.309 e. The van der Waals surface area contributed by atoms with Crippen LogP contribution >= 0.6 is 11.6 Å². The summed E-state index contributed by atoms with van der Waals surface area (Å²) in [7, 11) is 0. The first-order valence-corrected chi connectivity index (χ1v) is 10.2. The third-order valence-corrected chi connectivity index (χ3v) is 4.80. The van der Waals surface area contributed by atoms with Crippen molar-refractivity contribution in [2.75, 3.05) is 5.32 Å². The molecule has 0 spiro atoms. The van der Waals surface area contributed by atoms with Crippen LogP contribution in [0.2, 0.25) is 5.02 Å². The fourth-order valence-corrected chi connectivity index (χ4v) is 3.08. The van der Waals surface area contributed by atoms with Crippen LogP contribution in [0.3, 0.4) is 0 Å². The number of nitrogens with one attached hydrogen (secondary N) is 2. The minimum atomic E-state index is -1.08. The van der Waals surface area contributed by atoms with E-state index in [0.29, 0.717) is 16.1 Å². The van der Waals surface area contributed by atoms with Crippen molar-refractivity contribution in [2.45, 2.75) is 25.5 Å². The summed E-state index contributed by atoms with van der Waals surface area (Å²) in [6.07, 6.45) is 1.69. The monoisotopic (exact) mass is 452 g/mol. The zero-order valence-corrected chi connectivity index (χ0v) is 18.0. The van der Waals surface area contributed by atoms with Crippen molar-refractivity contribution in [1.82, 2.24) is 15.3 Å². The van der Waals surface area contributed by atoms with Crippen molar-refractivity contribution in [1.29, 1.82) is 0 Å². The van der Waals surface area contributed by atoms with Crippen LogP contribution in [0, 0.1) is 0 Å². The summed E-state index contributed by atoms with van der Waals surface area (Å²) in [5.41, 5.74) is 0.999. The van der Waals surface area contributed by atoms with Gasteiger partial charge in [-0.1, -0.05) is 54.1 Å². The second-order valence-corrected chi connectivity index (χ2v) is 7.22. The maximum Gasteiger partial charge on any atom is 0.309 e. The maximum absolute atomic E-state index is 12.7. The molecule has 8 nitrogen and oxygen atoms in total. The largest absolute Gasteiger partial charge is 0.452 e. The molecule has 2 N–H and O–H groups in total. The average Bonchev–Trinajstić information content (AvgIpc) is 2.80. The van der Waals surface area contributed by atoms with Crippen LogP contribution in [0.4, 0.5) is 5.95 Å². The molecule has 164 valence electrons. The molecule has 32 heavy (non-hydrogen) atoms. The van der Waals surface area contributed by atoms with Gasteiger partial charge in [0, 0.05) is 12.4 Å². The Balaban J connectivity index is 1.66. The van der Waals surface area contributed by atoms with Gasteiger partial charge < -0.3 is 10.1 Å². The van der Waals surface area contributed by atoms with Crippen LogP contribution in [0.25, 0.3) is 0 Å². The molecule has 0 saturated carbocycles. The Morgan fingerprint density at radius 2 is 1.62 bits per heavy atom. The van der Waals surface area contributed by atoms with Gasteiger partial charge in [-0.3, -0.25) is 19.7 Å². The highest BCUT2D eigenvalue weighted by Gasteiger charge is 2.24. The minimum Gasteiger partial charge on any atom is -0.452 e. The molecule has 0 fully saturated rings. The van der Waals surface area contributed by atoms with E-state index in [-0.39, 0.29) is 12.4 Å². The van der Waals surface area contributed by atoms with Crippen molar-refractivity contribution in [2.24, 2.45) is 0 Å². The molecule has 2 aromatic carbocycles. The number of carbonyl (C=O) groups excluding carboxylic acids is 3. The van der Waals surface area contributed by atoms with E-state index in [9.17, 15) is 14.4 Å². The van der Waals surface area contributed by atoms with Crippen molar-refractivity contribution in [3.05, 3.63) is 89.2 Å². The summed E-state index contributed by atoms with van der Waals surface area (Å²) in [6.45, 7) is 1.44. The zero-order valence-electron chi connectivity index (χ0n) is 17.2. The van der Waals surface area contributed by atoms with Crippen LogP contribution in [0.15, 0.2) is 73.1 Å². The van der Waals surface area contributed by atoms with Crippen LogP contribution in [0.1, 0.15) is 35.3 Å². The summed E-state index contributed by atoms with van der Waals surface area (Å²) in [5.74, 6) is -1.55. The first-order valence-electron chi connectivity index (χ1n) is 9.81. The molecule has 0 aliphatic carbocycles. The molecule has 1 aromatic heterocycles. The van der Waals surface area contributed by atoms with E-state index in [4.69, 9.17) is 16.3 Å². The number of nitrogens with zero attached hydrogens (tertiary/aromatic N) is 2. The van der Waals surface area contributed by atoms with Crippen molar-refractivity contribution < 1.29 is 19.1 Å². The van der Waals surface area contributed by atoms with Gasteiger partial charge in [0.25, 0.3) is 11.8 Å². The minimum absolute atomic E-state index is 0.106. The fraction of sp³-hybridized carbons (Fsp3) is 0.174. The summed E-state index contributed by atoms with van der Waals surface area (Å²) >= 11 is 6.12. The van der Waals surface area contributed by atoms with Gasteiger partial charge in [-0.05, 0) is 30.7 Å². The van der Waals surface area contributed by atoms with Crippen molar-refractivity contribution >= 4 is 35.3 Å². The molecule has 3 aromatic rings. The number of amides is 2. The number of aromatic nitrogens is 2. The number of halogens is 1. The average molecular weight is 453 g/mol. The van der Waals surface area contributed by atoms with E-state index >= 15 is 0 Å². The number of carbonyl (C=O) groups is 3. The summed E-state index contributed by atoms with van der Waals surface area (Å²) in [5, 5.41) is 5.59. The Morgan fingerprint density at radius 3 is 2.31 bits per heavy atom. The highest BCUT2D eigenvalue weighted by molar-refractivity contribution is 6.33. The van der Waals surface area contributed by atoms with Crippen molar-refractivity contribution in [3.63, 3.8) is 0 Å². The van der Waals surface area contributed by atoms with Gasteiger partial charge in [-0.2, -0.15) is 0 Å². The SMILES string of the molecule is C[C@@H](OC(=O)C[C@H](NC(=O)c1ccccc1Cl)c1ccccc1)C(=O)Nc1ncccn1. The molecule has 0 radical (unpaired) electrons. The Hall–Kier alpha value is -3.78. The predicted molar refractivity (Wildman–Crippen MR) is 119 cm³/mol. The van der Waals surface area contributed by atoms with Gasteiger partial charge in [-0.15, -0.1) is 0 Å². The van der Waals surface area contributed by atoms with E-state index in [2.05, 4.69) is 20.6 Å². The molecule has 0 aliphatic rings. The molecule has 3 rings (SSSR count). The fourth-order valence-electron chi connectivity index (χ4n) is 2.86. The van der Waals surface area contributed by atoms with Gasteiger partial charge in [0.15, 0.2) is 6.10 Å². The normalized spacial score (nSPS) is 12.3. The van der Waals surface area contributed by atoms with Gasteiger partial charge in [-0.25, -0.2) is 9.97 Å². The molecule has 1 heterocycles. The lowest BCUT2D eigenvalue weighted by molar-refractivity contribution is -0.153. The second kappa shape index (κ2) is 11.0. The number of hydrogen-bond donors (Lipinski definition) is 2. The Labute approximate surface area is 190 Å². The summed E-state index contributed by atoms with van der Waals surface area (Å²) in [6, 6.07) is 16.5. The van der Waals surface area contributed by atoms with Crippen molar-refractivity contribution in [3.8, 4) is 0 Å². The molecule has 0 unspecified atom stereocenters. The summed E-state index contributed by atoms with van der Waals surface area (Å²) in [4.78, 5) is 45.3. The highest BCUT2D eigenvalue weighted by Crippen LogP contribution is 2.21. The third-order valence-electron chi connectivity index (χ3n) is 4.47. The number of anilines is 1. The lowest BCUT2D eigenvalue weighted by Crippen LogP contribution is -2.34. The highest BCUT2D eigenvalue weighted by atomic mass is 35.5. The molecule has 2 amide bonds. The molecule has 0 bridgehead atoms. The number of rotatable bonds is 8. The predicted octanol–water partition coefficient (Wildman–Crippen LogP) is 3.56. The zero-order chi connectivity index (χ0) is 22.9. The Kier molecular flexibility index (Phi) is 7.88. The van der Waals surface area contributed by atoms with Crippen LogP contribution < -0.4 is 10.6 Å². The number of esters is 1. The lowest BCUT2D eigenvalue weighted by atomic mass is 10.0. The van der Waals surface area contributed by atoms with Gasteiger partial charge in [0.1, 0.15) is 0 Å². The Morgan fingerprint density at radius 1 is 0.969 bits per heavy atom. The van der Waals surface area contributed by atoms with E-state index in [1.807, 2.05) is 6.07 Å². The number of benzene rings is 2. The van der Waals surface area contributed by atoms with E-state index < -0.39 is 29.9 Å². The standard InChI is InChI=1S/C23H21ClN4O4/c1-15(21(30)28-23-25-12-7-13-26-23)32-20(29)14-19(16-8-3-2-4-9-16)27-22(31)17-10-5-6-11-18(17)24/h2-13,15,19H,14H2,1H3,(H,27,31)(H,25,26,28,30)/t15-,19+/m1/s1.